The highest BCUT2D eigenvalue weighted by molar-refractivity contribution is 6.05. The van der Waals surface area contributed by atoms with Crippen molar-refractivity contribution in [1.29, 1.82) is 0 Å². The average Bonchev–Trinajstić information content (AvgIpc) is 2.65. The second-order valence-electron chi connectivity index (χ2n) is 6.34. The summed E-state index contributed by atoms with van der Waals surface area (Å²) in [5.74, 6) is -1.30. The van der Waals surface area contributed by atoms with Gasteiger partial charge in [-0.25, -0.2) is 9.59 Å². The van der Waals surface area contributed by atoms with Crippen molar-refractivity contribution in [3.8, 4) is 0 Å². The number of carbonyl (C=O) groups is 3. The molecule has 3 amide bonds. The standard InChI is InChI=1S/C20H25N3O4/c1-5-12(3)21-20(26)23-17(24)11-27-19(25)18-13(4)15(6-2)22-16-10-8-7-9-14(16)18/h7-10,12H,5-6,11H2,1-4H3,(H2,21,23,24,26)/t12-/m0/s1. The van der Waals surface area contributed by atoms with Gasteiger partial charge in [-0.2, -0.15) is 0 Å². The molecule has 2 rings (SSSR count). The van der Waals surface area contributed by atoms with Crippen LogP contribution in [0.15, 0.2) is 24.3 Å². The zero-order valence-electron chi connectivity index (χ0n) is 16.1. The first-order valence-electron chi connectivity index (χ1n) is 9.03. The van der Waals surface area contributed by atoms with Crippen molar-refractivity contribution in [2.75, 3.05) is 6.61 Å². The highest BCUT2D eigenvalue weighted by atomic mass is 16.5. The zero-order valence-corrected chi connectivity index (χ0v) is 16.1. The molecule has 0 saturated heterocycles. The molecule has 1 atom stereocenters. The topological polar surface area (TPSA) is 97.4 Å². The molecule has 0 saturated carbocycles. The van der Waals surface area contributed by atoms with E-state index in [4.69, 9.17) is 4.74 Å². The van der Waals surface area contributed by atoms with Gasteiger partial charge in [-0.3, -0.25) is 15.1 Å². The SMILES string of the molecule is CCc1nc2ccccc2c(C(=O)OCC(=O)NC(=O)N[C@@H](C)CC)c1C. The van der Waals surface area contributed by atoms with E-state index in [2.05, 4.69) is 15.6 Å². The van der Waals surface area contributed by atoms with Crippen molar-refractivity contribution in [3.05, 3.63) is 41.1 Å². The molecule has 27 heavy (non-hydrogen) atoms. The van der Waals surface area contributed by atoms with Crippen molar-refractivity contribution < 1.29 is 19.1 Å². The third-order valence-electron chi connectivity index (χ3n) is 4.35. The first kappa shape index (κ1) is 20.4. The van der Waals surface area contributed by atoms with Gasteiger partial charge in [-0.1, -0.05) is 32.0 Å². The predicted molar refractivity (Wildman–Crippen MR) is 103 cm³/mol. The number of hydrogen-bond acceptors (Lipinski definition) is 5. The number of rotatable bonds is 6. The van der Waals surface area contributed by atoms with Gasteiger partial charge in [0.2, 0.25) is 0 Å². The van der Waals surface area contributed by atoms with E-state index in [0.29, 0.717) is 22.9 Å². The Balaban J connectivity index is 2.11. The number of ether oxygens (including phenoxy) is 1. The van der Waals surface area contributed by atoms with Crippen molar-refractivity contribution in [3.63, 3.8) is 0 Å². The second-order valence-corrected chi connectivity index (χ2v) is 6.34. The average molecular weight is 371 g/mol. The fourth-order valence-electron chi connectivity index (χ4n) is 2.69. The molecule has 2 aromatic rings. The molecular formula is C20H25N3O4. The van der Waals surface area contributed by atoms with Crippen molar-refractivity contribution >= 4 is 28.8 Å². The summed E-state index contributed by atoms with van der Waals surface area (Å²) >= 11 is 0. The number of fused-ring (bicyclic) bond motifs is 1. The molecule has 0 aliphatic carbocycles. The number of benzene rings is 1. The summed E-state index contributed by atoms with van der Waals surface area (Å²) in [5.41, 5.74) is 2.63. The van der Waals surface area contributed by atoms with Crippen LogP contribution in [0.1, 0.15) is 48.8 Å². The van der Waals surface area contributed by atoms with Crippen LogP contribution in [0.2, 0.25) is 0 Å². The number of hydrogen-bond donors (Lipinski definition) is 2. The summed E-state index contributed by atoms with van der Waals surface area (Å²) in [6.07, 6.45) is 1.41. The molecule has 1 heterocycles. The number of aryl methyl sites for hydroxylation is 1. The lowest BCUT2D eigenvalue weighted by Crippen LogP contribution is -2.44. The highest BCUT2D eigenvalue weighted by Crippen LogP contribution is 2.24. The first-order valence-corrected chi connectivity index (χ1v) is 9.03. The van der Waals surface area contributed by atoms with Gasteiger partial charge in [0.05, 0.1) is 11.1 Å². The molecule has 0 aliphatic heterocycles. The largest absolute Gasteiger partial charge is 0.452 e. The normalized spacial score (nSPS) is 11.7. The fraction of sp³-hybridized carbons (Fsp3) is 0.400. The van der Waals surface area contributed by atoms with E-state index in [-0.39, 0.29) is 6.04 Å². The Morgan fingerprint density at radius 3 is 2.56 bits per heavy atom. The number of imide groups is 1. The Morgan fingerprint density at radius 1 is 1.19 bits per heavy atom. The number of esters is 1. The third-order valence-corrected chi connectivity index (χ3v) is 4.35. The summed E-state index contributed by atoms with van der Waals surface area (Å²) in [5, 5.41) is 5.43. The molecular weight excluding hydrogens is 346 g/mol. The maximum absolute atomic E-state index is 12.6. The van der Waals surface area contributed by atoms with Crippen LogP contribution in [0, 0.1) is 6.92 Å². The van der Waals surface area contributed by atoms with Crippen molar-refractivity contribution in [2.24, 2.45) is 0 Å². The van der Waals surface area contributed by atoms with E-state index in [1.165, 1.54) is 0 Å². The minimum atomic E-state index is -0.684. The Morgan fingerprint density at radius 2 is 1.89 bits per heavy atom. The molecule has 0 unspecified atom stereocenters. The van der Waals surface area contributed by atoms with Crippen LogP contribution in [0.3, 0.4) is 0 Å². The number of aromatic nitrogens is 1. The lowest BCUT2D eigenvalue weighted by molar-refractivity contribution is -0.123. The minimum absolute atomic E-state index is 0.0568. The molecule has 1 aromatic heterocycles. The molecule has 0 aliphatic rings. The van der Waals surface area contributed by atoms with E-state index in [1.807, 2.05) is 45.9 Å². The van der Waals surface area contributed by atoms with Crippen molar-refractivity contribution in [2.45, 2.75) is 46.6 Å². The van der Waals surface area contributed by atoms with Gasteiger partial charge in [-0.15, -0.1) is 0 Å². The van der Waals surface area contributed by atoms with Crippen LogP contribution in [0.5, 0.6) is 0 Å². The smallest absolute Gasteiger partial charge is 0.339 e. The van der Waals surface area contributed by atoms with E-state index in [9.17, 15) is 14.4 Å². The summed E-state index contributed by atoms with van der Waals surface area (Å²) in [4.78, 5) is 40.7. The van der Waals surface area contributed by atoms with Crippen LogP contribution < -0.4 is 10.6 Å². The van der Waals surface area contributed by atoms with Crippen LogP contribution in [-0.2, 0) is 16.0 Å². The monoisotopic (exact) mass is 371 g/mol. The van der Waals surface area contributed by atoms with E-state index < -0.39 is 24.5 Å². The van der Waals surface area contributed by atoms with E-state index >= 15 is 0 Å². The molecule has 0 fully saturated rings. The summed E-state index contributed by atoms with van der Waals surface area (Å²) in [7, 11) is 0. The van der Waals surface area contributed by atoms with Crippen LogP contribution >= 0.6 is 0 Å². The van der Waals surface area contributed by atoms with Gasteiger partial charge in [-0.05, 0) is 38.3 Å². The Kier molecular flexibility index (Phi) is 6.87. The maximum Gasteiger partial charge on any atom is 0.339 e. The van der Waals surface area contributed by atoms with Gasteiger partial charge in [0.1, 0.15) is 0 Å². The van der Waals surface area contributed by atoms with Gasteiger partial charge < -0.3 is 10.1 Å². The highest BCUT2D eigenvalue weighted by Gasteiger charge is 2.20. The van der Waals surface area contributed by atoms with Gasteiger partial charge in [0.25, 0.3) is 5.91 Å². The van der Waals surface area contributed by atoms with Crippen molar-refractivity contribution in [1.82, 2.24) is 15.6 Å². The molecule has 7 nitrogen and oxygen atoms in total. The molecule has 1 aromatic carbocycles. The van der Waals surface area contributed by atoms with E-state index in [1.54, 1.807) is 6.07 Å². The van der Waals surface area contributed by atoms with Gasteiger partial charge >= 0.3 is 12.0 Å². The molecule has 0 bridgehead atoms. The number of carbonyl (C=O) groups excluding carboxylic acids is 3. The number of nitrogens with zero attached hydrogens (tertiary/aromatic N) is 1. The maximum atomic E-state index is 12.6. The molecule has 144 valence electrons. The van der Waals surface area contributed by atoms with E-state index in [0.717, 1.165) is 17.7 Å². The minimum Gasteiger partial charge on any atom is -0.452 e. The number of para-hydroxylation sites is 1. The number of pyridine rings is 1. The Hall–Kier alpha value is -2.96. The van der Waals surface area contributed by atoms with Gasteiger partial charge in [0.15, 0.2) is 6.61 Å². The third kappa shape index (κ3) is 5.03. The Labute approximate surface area is 158 Å². The van der Waals surface area contributed by atoms with Crippen LogP contribution in [-0.4, -0.2) is 35.5 Å². The fourth-order valence-corrected chi connectivity index (χ4v) is 2.69. The summed E-state index contributed by atoms with van der Waals surface area (Å²) < 4.78 is 5.15. The molecule has 2 N–H and O–H groups in total. The first-order chi connectivity index (χ1) is 12.9. The summed E-state index contributed by atoms with van der Waals surface area (Å²) in [6.45, 7) is 6.98. The predicted octanol–water partition coefficient (Wildman–Crippen LogP) is 2.89. The Bertz CT molecular complexity index is 864. The second kappa shape index (κ2) is 9.12. The quantitative estimate of drug-likeness (QED) is 0.761. The van der Waals surface area contributed by atoms with Crippen LogP contribution in [0.4, 0.5) is 4.79 Å². The molecule has 0 radical (unpaired) electrons. The molecule has 7 heteroatoms. The lowest BCUT2D eigenvalue weighted by Gasteiger charge is -2.14. The van der Waals surface area contributed by atoms with Crippen LogP contribution in [0.25, 0.3) is 10.9 Å². The number of nitrogens with one attached hydrogen (secondary N) is 2. The lowest BCUT2D eigenvalue weighted by atomic mass is 10.0. The number of amides is 3. The molecule has 0 spiro atoms. The zero-order chi connectivity index (χ0) is 20.0. The summed E-state index contributed by atoms with van der Waals surface area (Å²) in [6, 6.07) is 6.63. The number of urea groups is 1. The van der Waals surface area contributed by atoms with Gasteiger partial charge in [0, 0.05) is 17.1 Å².